The zero-order valence-corrected chi connectivity index (χ0v) is 16.4. The maximum atomic E-state index is 12.8. The third-order valence-electron chi connectivity index (χ3n) is 4.27. The molecule has 1 heterocycles. The summed E-state index contributed by atoms with van der Waals surface area (Å²) >= 11 is 0. The van der Waals surface area contributed by atoms with E-state index in [1.165, 1.54) is 12.1 Å². The van der Waals surface area contributed by atoms with Crippen molar-refractivity contribution in [3.8, 4) is 23.3 Å². The minimum Gasteiger partial charge on any atom is -0.490 e. The summed E-state index contributed by atoms with van der Waals surface area (Å²) in [4.78, 5) is 0.113. The van der Waals surface area contributed by atoms with Gasteiger partial charge in [0.25, 0.3) is 10.0 Å². The Bertz CT molecular complexity index is 1180. The average molecular weight is 405 g/mol. The van der Waals surface area contributed by atoms with E-state index in [0.717, 1.165) is 12.0 Å². The summed E-state index contributed by atoms with van der Waals surface area (Å²) in [6.07, 6.45) is 0.756. The maximum absolute atomic E-state index is 12.8. The van der Waals surface area contributed by atoms with Crippen LogP contribution in [0.3, 0.4) is 0 Å². The molecule has 5 nitrogen and oxygen atoms in total. The van der Waals surface area contributed by atoms with Gasteiger partial charge in [0.15, 0.2) is 11.5 Å². The van der Waals surface area contributed by atoms with Crippen molar-refractivity contribution in [1.29, 1.82) is 0 Å². The molecule has 0 bridgehead atoms. The van der Waals surface area contributed by atoms with E-state index in [2.05, 4.69) is 16.6 Å². The third-order valence-corrected chi connectivity index (χ3v) is 5.65. The fourth-order valence-electron chi connectivity index (χ4n) is 2.85. The van der Waals surface area contributed by atoms with Gasteiger partial charge in [0, 0.05) is 23.6 Å². The number of hydrogen-bond acceptors (Lipinski definition) is 4. The van der Waals surface area contributed by atoms with Crippen LogP contribution in [0.2, 0.25) is 0 Å². The average Bonchev–Trinajstić information content (AvgIpc) is 2.98. The van der Waals surface area contributed by atoms with Crippen LogP contribution in [0.25, 0.3) is 0 Å². The van der Waals surface area contributed by atoms with Crippen molar-refractivity contribution < 1.29 is 17.9 Å². The molecule has 1 aliphatic rings. The molecule has 0 aromatic heterocycles. The third kappa shape index (κ3) is 4.71. The SMILES string of the molecule is O=S(=O)(Nc1cccc(C#Cc2ccccc2)c1)c1ccc2c(c1)OCCCO2. The van der Waals surface area contributed by atoms with Crippen molar-refractivity contribution >= 4 is 15.7 Å². The molecular formula is C23H19NO4S. The molecule has 0 atom stereocenters. The number of benzene rings is 3. The zero-order chi connectivity index (χ0) is 20.1. The largest absolute Gasteiger partial charge is 0.490 e. The van der Waals surface area contributed by atoms with E-state index in [9.17, 15) is 8.42 Å². The molecule has 6 heteroatoms. The maximum Gasteiger partial charge on any atom is 0.262 e. The van der Waals surface area contributed by atoms with Crippen LogP contribution in [0.4, 0.5) is 5.69 Å². The predicted octanol–water partition coefficient (Wildman–Crippen LogP) is 4.05. The summed E-state index contributed by atoms with van der Waals surface area (Å²) < 4.78 is 39.4. The summed E-state index contributed by atoms with van der Waals surface area (Å²) in [6, 6.07) is 21.2. The molecule has 0 aliphatic carbocycles. The second kappa shape index (κ2) is 8.29. The number of sulfonamides is 1. The van der Waals surface area contributed by atoms with Gasteiger partial charge in [-0.1, -0.05) is 36.1 Å². The van der Waals surface area contributed by atoms with Gasteiger partial charge in [-0.15, -0.1) is 0 Å². The first-order valence-corrected chi connectivity index (χ1v) is 10.7. The molecular weight excluding hydrogens is 386 g/mol. The summed E-state index contributed by atoms with van der Waals surface area (Å²) in [5, 5.41) is 0. The molecule has 29 heavy (non-hydrogen) atoms. The fraction of sp³-hybridized carbons (Fsp3) is 0.130. The first-order valence-electron chi connectivity index (χ1n) is 9.20. The van der Waals surface area contributed by atoms with E-state index in [4.69, 9.17) is 9.47 Å². The number of fused-ring (bicyclic) bond motifs is 1. The zero-order valence-electron chi connectivity index (χ0n) is 15.6. The molecule has 4 rings (SSSR count). The van der Waals surface area contributed by atoms with Crippen LogP contribution in [-0.4, -0.2) is 21.6 Å². The highest BCUT2D eigenvalue weighted by atomic mass is 32.2. The Hall–Kier alpha value is -3.43. The van der Waals surface area contributed by atoms with Crippen LogP contribution in [0, 0.1) is 11.8 Å². The summed E-state index contributed by atoms with van der Waals surface area (Å²) in [7, 11) is -3.78. The van der Waals surface area contributed by atoms with Crippen LogP contribution < -0.4 is 14.2 Å². The van der Waals surface area contributed by atoms with Crippen molar-refractivity contribution in [2.45, 2.75) is 11.3 Å². The summed E-state index contributed by atoms with van der Waals surface area (Å²) in [6.45, 7) is 1.04. The van der Waals surface area contributed by atoms with Crippen molar-refractivity contribution in [2.24, 2.45) is 0 Å². The topological polar surface area (TPSA) is 64.6 Å². The molecule has 1 aliphatic heterocycles. The minimum absolute atomic E-state index is 0.113. The molecule has 0 saturated carbocycles. The van der Waals surface area contributed by atoms with Gasteiger partial charge in [-0.05, 0) is 42.5 Å². The molecule has 3 aromatic rings. The van der Waals surface area contributed by atoms with E-state index in [1.54, 1.807) is 24.3 Å². The Morgan fingerprint density at radius 3 is 2.31 bits per heavy atom. The Kier molecular flexibility index (Phi) is 5.41. The van der Waals surface area contributed by atoms with Gasteiger partial charge in [-0.3, -0.25) is 4.72 Å². The molecule has 1 N–H and O–H groups in total. The number of anilines is 1. The number of hydrogen-bond donors (Lipinski definition) is 1. The molecule has 0 radical (unpaired) electrons. The van der Waals surface area contributed by atoms with Crippen LogP contribution in [0.15, 0.2) is 77.7 Å². The van der Waals surface area contributed by atoms with E-state index in [0.29, 0.717) is 36.0 Å². The van der Waals surface area contributed by atoms with Crippen LogP contribution in [0.5, 0.6) is 11.5 Å². The lowest BCUT2D eigenvalue weighted by Crippen LogP contribution is -2.13. The van der Waals surface area contributed by atoms with Gasteiger partial charge in [0.2, 0.25) is 0 Å². The van der Waals surface area contributed by atoms with Gasteiger partial charge in [0.05, 0.1) is 23.8 Å². The standard InChI is InChI=1S/C23H19NO4S/c25-29(26,21-12-13-22-23(17-21)28-15-5-14-27-22)24-20-9-4-8-19(16-20)11-10-18-6-2-1-3-7-18/h1-4,6-9,12-13,16-17,24H,5,14-15H2. The van der Waals surface area contributed by atoms with Crippen molar-refractivity contribution in [1.82, 2.24) is 0 Å². The first-order chi connectivity index (χ1) is 14.1. The van der Waals surface area contributed by atoms with E-state index >= 15 is 0 Å². The molecule has 0 fully saturated rings. The molecule has 3 aromatic carbocycles. The lowest BCUT2D eigenvalue weighted by atomic mass is 10.2. The quantitative estimate of drug-likeness (QED) is 0.668. The van der Waals surface area contributed by atoms with Gasteiger partial charge >= 0.3 is 0 Å². The highest BCUT2D eigenvalue weighted by Crippen LogP contribution is 2.32. The van der Waals surface area contributed by atoms with Crippen LogP contribution >= 0.6 is 0 Å². The highest BCUT2D eigenvalue weighted by Gasteiger charge is 2.19. The van der Waals surface area contributed by atoms with Crippen LogP contribution in [0.1, 0.15) is 17.5 Å². The van der Waals surface area contributed by atoms with Gasteiger partial charge in [0.1, 0.15) is 0 Å². The Labute approximate surface area is 170 Å². The monoisotopic (exact) mass is 405 g/mol. The van der Waals surface area contributed by atoms with E-state index in [-0.39, 0.29) is 4.90 Å². The summed E-state index contributed by atoms with van der Waals surface area (Å²) in [5.41, 5.74) is 2.05. The fourth-order valence-corrected chi connectivity index (χ4v) is 3.92. The van der Waals surface area contributed by atoms with Crippen molar-refractivity contribution in [3.63, 3.8) is 0 Å². The normalized spacial score (nSPS) is 13.0. The predicted molar refractivity (Wildman–Crippen MR) is 112 cm³/mol. The molecule has 146 valence electrons. The summed E-state index contributed by atoms with van der Waals surface area (Å²) in [5.74, 6) is 7.11. The Balaban J connectivity index is 1.56. The van der Waals surface area contributed by atoms with Gasteiger partial charge in [-0.25, -0.2) is 8.42 Å². The highest BCUT2D eigenvalue weighted by molar-refractivity contribution is 7.92. The molecule has 0 saturated heterocycles. The lowest BCUT2D eigenvalue weighted by Gasteiger charge is -2.11. The lowest BCUT2D eigenvalue weighted by molar-refractivity contribution is 0.297. The van der Waals surface area contributed by atoms with Gasteiger partial charge in [-0.2, -0.15) is 0 Å². The van der Waals surface area contributed by atoms with Crippen molar-refractivity contribution in [3.05, 3.63) is 83.9 Å². The molecule has 0 amide bonds. The number of ether oxygens (including phenoxy) is 2. The van der Waals surface area contributed by atoms with Crippen LogP contribution in [-0.2, 0) is 10.0 Å². The van der Waals surface area contributed by atoms with Crippen molar-refractivity contribution in [2.75, 3.05) is 17.9 Å². The van der Waals surface area contributed by atoms with Gasteiger partial charge < -0.3 is 9.47 Å². The minimum atomic E-state index is -3.78. The molecule has 0 unspecified atom stereocenters. The second-order valence-corrected chi connectivity index (χ2v) is 8.14. The second-order valence-electron chi connectivity index (χ2n) is 6.46. The first kappa shape index (κ1) is 18.9. The Morgan fingerprint density at radius 2 is 1.48 bits per heavy atom. The Morgan fingerprint density at radius 1 is 0.759 bits per heavy atom. The van der Waals surface area contributed by atoms with E-state index < -0.39 is 10.0 Å². The molecule has 0 spiro atoms. The number of nitrogens with one attached hydrogen (secondary N) is 1. The smallest absolute Gasteiger partial charge is 0.262 e. The van der Waals surface area contributed by atoms with E-state index in [1.807, 2.05) is 36.4 Å². The number of rotatable bonds is 3.